The van der Waals surface area contributed by atoms with Gasteiger partial charge in [0, 0.05) is 12.8 Å². The molecular formula is C12H13NO2. The van der Waals surface area contributed by atoms with Crippen molar-refractivity contribution in [2.45, 2.75) is 38.2 Å². The molecule has 15 heavy (non-hydrogen) atoms. The molecule has 3 nitrogen and oxygen atoms in total. The first-order valence-electron chi connectivity index (χ1n) is 5.19. The SMILES string of the molecule is C#C[C@@](OC(C)=O)(C1CC1)C1(C#N)CC1. The molecule has 0 N–H and O–H groups in total. The highest BCUT2D eigenvalue weighted by Gasteiger charge is 2.67. The molecule has 2 aliphatic carbocycles. The molecule has 2 rings (SSSR count). The number of esters is 1. The summed E-state index contributed by atoms with van der Waals surface area (Å²) in [6.07, 6.45) is 8.93. The zero-order chi connectivity index (χ0) is 11.1. The van der Waals surface area contributed by atoms with Crippen LogP contribution in [0, 0.1) is 35.0 Å². The first kappa shape index (κ1) is 10.1. The third kappa shape index (κ3) is 1.31. The minimum atomic E-state index is -0.951. The first-order valence-corrected chi connectivity index (χ1v) is 5.19. The minimum Gasteiger partial charge on any atom is -0.444 e. The Morgan fingerprint density at radius 1 is 1.60 bits per heavy atom. The highest BCUT2D eigenvalue weighted by molar-refractivity contribution is 5.68. The van der Waals surface area contributed by atoms with Crippen molar-refractivity contribution in [2.75, 3.05) is 0 Å². The second-order valence-corrected chi connectivity index (χ2v) is 4.44. The van der Waals surface area contributed by atoms with Gasteiger partial charge in [0.2, 0.25) is 0 Å². The van der Waals surface area contributed by atoms with Gasteiger partial charge in [-0.3, -0.25) is 4.79 Å². The van der Waals surface area contributed by atoms with E-state index in [1.807, 2.05) is 0 Å². The first-order chi connectivity index (χ1) is 7.10. The largest absolute Gasteiger partial charge is 0.444 e. The van der Waals surface area contributed by atoms with Crippen molar-refractivity contribution in [3.05, 3.63) is 0 Å². The summed E-state index contributed by atoms with van der Waals surface area (Å²) in [5.74, 6) is 2.40. The van der Waals surface area contributed by atoms with Crippen LogP contribution in [0.5, 0.6) is 0 Å². The molecule has 0 spiro atoms. The molecule has 0 aromatic carbocycles. The van der Waals surface area contributed by atoms with E-state index in [-0.39, 0.29) is 11.9 Å². The second-order valence-electron chi connectivity index (χ2n) is 4.44. The van der Waals surface area contributed by atoms with Gasteiger partial charge in [-0.15, -0.1) is 6.42 Å². The van der Waals surface area contributed by atoms with Crippen LogP contribution < -0.4 is 0 Å². The van der Waals surface area contributed by atoms with Gasteiger partial charge in [-0.05, 0) is 25.7 Å². The summed E-state index contributed by atoms with van der Waals surface area (Å²) in [6, 6.07) is 2.25. The summed E-state index contributed by atoms with van der Waals surface area (Å²) in [5, 5.41) is 9.18. The van der Waals surface area contributed by atoms with Crippen LogP contribution in [0.25, 0.3) is 0 Å². The topological polar surface area (TPSA) is 50.1 Å². The lowest BCUT2D eigenvalue weighted by Crippen LogP contribution is -2.44. The van der Waals surface area contributed by atoms with E-state index in [1.165, 1.54) is 6.92 Å². The van der Waals surface area contributed by atoms with Gasteiger partial charge in [0.25, 0.3) is 0 Å². The predicted molar refractivity (Wildman–Crippen MR) is 53.3 cm³/mol. The molecule has 2 aliphatic rings. The number of nitrogens with zero attached hydrogens (tertiary/aromatic N) is 1. The molecule has 1 atom stereocenters. The van der Waals surface area contributed by atoms with Crippen molar-refractivity contribution in [1.29, 1.82) is 5.26 Å². The van der Waals surface area contributed by atoms with E-state index in [9.17, 15) is 10.1 Å². The Hall–Kier alpha value is -1.48. The molecule has 0 aliphatic heterocycles. The Morgan fingerprint density at radius 2 is 2.20 bits per heavy atom. The molecule has 0 unspecified atom stereocenters. The lowest BCUT2D eigenvalue weighted by molar-refractivity contribution is -0.157. The third-order valence-corrected chi connectivity index (χ3v) is 3.35. The summed E-state index contributed by atoms with van der Waals surface area (Å²) in [5.41, 5.74) is -1.55. The van der Waals surface area contributed by atoms with Gasteiger partial charge < -0.3 is 4.74 Å². The van der Waals surface area contributed by atoms with Crippen LogP contribution >= 0.6 is 0 Å². The molecule has 2 saturated carbocycles. The van der Waals surface area contributed by atoms with Gasteiger partial charge >= 0.3 is 5.97 Å². The maximum atomic E-state index is 11.1. The van der Waals surface area contributed by atoms with Crippen molar-refractivity contribution in [3.8, 4) is 18.4 Å². The van der Waals surface area contributed by atoms with Gasteiger partial charge in [0.15, 0.2) is 5.60 Å². The smallest absolute Gasteiger partial charge is 0.304 e. The molecule has 0 bridgehead atoms. The maximum Gasteiger partial charge on any atom is 0.304 e. The Morgan fingerprint density at radius 3 is 2.47 bits per heavy atom. The summed E-state index contributed by atoms with van der Waals surface area (Å²) in [7, 11) is 0. The van der Waals surface area contributed by atoms with Crippen molar-refractivity contribution < 1.29 is 9.53 Å². The lowest BCUT2D eigenvalue weighted by Gasteiger charge is -2.32. The monoisotopic (exact) mass is 203 g/mol. The van der Waals surface area contributed by atoms with Crippen molar-refractivity contribution >= 4 is 5.97 Å². The second kappa shape index (κ2) is 3.00. The molecule has 0 radical (unpaired) electrons. The van der Waals surface area contributed by atoms with Crippen molar-refractivity contribution in [2.24, 2.45) is 11.3 Å². The number of nitriles is 1. The van der Waals surface area contributed by atoms with Crippen LogP contribution in [0.3, 0.4) is 0 Å². The number of hydrogen-bond donors (Lipinski definition) is 0. The zero-order valence-electron chi connectivity index (χ0n) is 8.75. The zero-order valence-corrected chi connectivity index (χ0v) is 8.75. The van der Waals surface area contributed by atoms with Crippen LogP contribution in [0.15, 0.2) is 0 Å². The lowest BCUT2D eigenvalue weighted by atomic mass is 9.81. The average molecular weight is 203 g/mol. The standard InChI is InChI=1S/C12H13NO2/c1-3-12(10-4-5-10,15-9(2)14)11(8-13)6-7-11/h1,10H,4-7H2,2H3/t12-/m1/s1. The number of ether oxygens (including phenoxy) is 1. The number of carbonyl (C=O) groups excluding carboxylic acids is 1. The van der Waals surface area contributed by atoms with Gasteiger partial charge in [0.05, 0.1) is 6.07 Å². The molecule has 0 saturated heterocycles. The molecule has 0 aromatic heterocycles. The fourth-order valence-corrected chi connectivity index (χ4v) is 2.27. The summed E-state index contributed by atoms with van der Waals surface area (Å²) in [6.45, 7) is 1.35. The highest BCUT2D eigenvalue weighted by Crippen LogP contribution is 2.62. The molecule has 0 amide bonds. The van der Waals surface area contributed by atoms with Gasteiger partial charge in [-0.1, -0.05) is 5.92 Å². The third-order valence-electron chi connectivity index (χ3n) is 3.35. The Bertz CT molecular complexity index is 379. The molecule has 78 valence electrons. The normalized spacial score (nSPS) is 25.5. The van der Waals surface area contributed by atoms with Crippen molar-refractivity contribution in [1.82, 2.24) is 0 Å². The Labute approximate surface area is 89.4 Å². The van der Waals surface area contributed by atoms with E-state index < -0.39 is 11.0 Å². The summed E-state index contributed by atoms with van der Waals surface area (Å²) in [4.78, 5) is 11.1. The summed E-state index contributed by atoms with van der Waals surface area (Å²) < 4.78 is 5.33. The van der Waals surface area contributed by atoms with E-state index >= 15 is 0 Å². The van der Waals surface area contributed by atoms with Gasteiger partial charge in [0.1, 0.15) is 5.41 Å². The predicted octanol–water partition coefficient (Wildman–Crippen LogP) is 1.64. The number of hydrogen-bond acceptors (Lipinski definition) is 3. The molecule has 0 heterocycles. The van der Waals surface area contributed by atoms with Crippen LogP contribution in [0.1, 0.15) is 32.6 Å². The fraction of sp³-hybridized carbons (Fsp3) is 0.667. The highest BCUT2D eigenvalue weighted by atomic mass is 16.6. The van der Waals surface area contributed by atoms with Crippen LogP contribution in [0.2, 0.25) is 0 Å². The van der Waals surface area contributed by atoms with E-state index in [2.05, 4.69) is 12.0 Å². The Kier molecular flexibility index (Phi) is 2.01. The minimum absolute atomic E-state index is 0.188. The number of terminal acetylenes is 1. The molecule has 2 fully saturated rings. The van der Waals surface area contributed by atoms with Crippen LogP contribution in [-0.2, 0) is 9.53 Å². The summed E-state index contributed by atoms with van der Waals surface area (Å²) >= 11 is 0. The average Bonchev–Trinajstić information content (AvgIpc) is 3.03. The van der Waals surface area contributed by atoms with Crippen LogP contribution in [-0.4, -0.2) is 11.6 Å². The van der Waals surface area contributed by atoms with E-state index in [4.69, 9.17) is 11.2 Å². The molecule has 0 aromatic rings. The van der Waals surface area contributed by atoms with Crippen molar-refractivity contribution in [3.63, 3.8) is 0 Å². The molecule has 3 heteroatoms. The van der Waals surface area contributed by atoms with E-state index in [1.54, 1.807) is 0 Å². The quantitative estimate of drug-likeness (QED) is 0.517. The fourth-order valence-electron chi connectivity index (χ4n) is 2.27. The molecular weight excluding hydrogens is 190 g/mol. The number of rotatable bonds is 3. The van der Waals surface area contributed by atoms with Crippen LogP contribution in [0.4, 0.5) is 0 Å². The van der Waals surface area contributed by atoms with E-state index in [0.717, 1.165) is 25.7 Å². The van der Waals surface area contributed by atoms with Gasteiger partial charge in [-0.2, -0.15) is 5.26 Å². The number of carbonyl (C=O) groups is 1. The van der Waals surface area contributed by atoms with E-state index in [0.29, 0.717) is 0 Å². The van der Waals surface area contributed by atoms with Gasteiger partial charge in [-0.25, -0.2) is 0 Å². The Balaban J connectivity index is 2.34. The maximum absolute atomic E-state index is 11.1.